The molecule has 0 unspecified atom stereocenters. The Bertz CT molecular complexity index is 376. The van der Waals surface area contributed by atoms with Crippen molar-refractivity contribution in [3.63, 3.8) is 0 Å². The van der Waals surface area contributed by atoms with Gasteiger partial charge in [-0.3, -0.25) is 0 Å². The maximum atomic E-state index is 13.1. The van der Waals surface area contributed by atoms with Crippen LogP contribution in [0.4, 0.5) is 4.39 Å². The molecule has 0 aliphatic heterocycles. The van der Waals surface area contributed by atoms with E-state index in [0.29, 0.717) is 5.56 Å². The lowest BCUT2D eigenvalue weighted by atomic mass is 9.81. The van der Waals surface area contributed by atoms with Crippen LogP contribution in [0.1, 0.15) is 37.9 Å². The molecule has 0 aromatic heterocycles. The van der Waals surface area contributed by atoms with E-state index in [1.54, 1.807) is 6.07 Å². The molecule has 1 aromatic carbocycles. The number of aliphatic hydroxyl groups excluding tert-OH is 1. The van der Waals surface area contributed by atoms with Gasteiger partial charge in [0.05, 0.1) is 12.1 Å². The summed E-state index contributed by atoms with van der Waals surface area (Å²) in [5, 5.41) is 10.1. The van der Waals surface area contributed by atoms with Crippen molar-refractivity contribution in [2.24, 2.45) is 11.1 Å². The fourth-order valence-corrected chi connectivity index (χ4v) is 1.68. The summed E-state index contributed by atoms with van der Waals surface area (Å²) in [6, 6.07) is 3.92. The molecular weight excluding hydrogens is 241 g/mol. The highest BCUT2D eigenvalue weighted by Gasteiger charge is 2.29. The van der Waals surface area contributed by atoms with Gasteiger partial charge in [0.15, 0.2) is 0 Å². The van der Waals surface area contributed by atoms with Gasteiger partial charge in [-0.2, -0.15) is 0 Å². The lowest BCUT2D eigenvalue weighted by Crippen LogP contribution is -2.37. The molecule has 1 rings (SSSR count). The van der Waals surface area contributed by atoms with E-state index in [2.05, 4.69) is 0 Å². The molecule has 0 radical (unpaired) electrons. The van der Waals surface area contributed by atoms with Crippen molar-refractivity contribution in [2.45, 2.75) is 39.8 Å². The SMILES string of the molecule is Cc1ccc(F)cc1[C@H](N)[C@H](O)C(C)(C)C.Cl. The second-order valence-electron chi connectivity index (χ2n) is 5.34. The van der Waals surface area contributed by atoms with Crippen molar-refractivity contribution in [1.29, 1.82) is 0 Å². The second kappa shape index (κ2) is 5.80. The third-order valence-corrected chi connectivity index (χ3v) is 2.83. The quantitative estimate of drug-likeness (QED) is 0.860. The van der Waals surface area contributed by atoms with E-state index < -0.39 is 12.1 Å². The van der Waals surface area contributed by atoms with Crippen LogP contribution >= 0.6 is 12.4 Å². The normalized spacial score (nSPS) is 15.0. The summed E-state index contributed by atoms with van der Waals surface area (Å²) in [5.41, 5.74) is 7.23. The first-order valence-electron chi connectivity index (χ1n) is 5.43. The fourth-order valence-electron chi connectivity index (χ4n) is 1.68. The zero-order valence-corrected chi connectivity index (χ0v) is 11.5. The summed E-state index contributed by atoms with van der Waals surface area (Å²) in [7, 11) is 0. The van der Waals surface area contributed by atoms with Gasteiger partial charge in [0.2, 0.25) is 0 Å². The minimum absolute atomic E-state index is 0. The number of hydrogen-bond donors (Lipinski definition) is 2. The number of halogens is 2. The van der Waals surface area contributed by atoms with Crippen molar-refractivity contribution in [1.82, 2.24) is 0 Å². The highest BCUT2D eigenvalue weighted by Crippen LogP contribution is 2.30. The third-order valence-electron chi connectivity index (χ3n) is 2.83. The van der Waals surface area contributed by atoms with Crippen LogP contribution in [0.2, 0.25) is 0 Å². The number of hydrogen-bond acceptors (Lipinski definition) is 2. The molecule has 0 heterocycles. The fraction of sp³-hybridized carbons (Fsp3) is 0.538. The van der Waals surface area contributed by atoms with Crippen molar-refractivity contribution < 1.29 is 9.50 Å². The highest BCUT2D eigenvalue weighted by molar-refractivity contribution is 5.85. The maximum absolute atomic E-state index is 13.1. The first-order valence-corrected chi connectivity index (χ1v) is 5.43. The van der Waals surface area contributed by atoms with Crippen LogP contribution in [0.3, 0.4) is 0 Å². The number of aryl methyl sites for hydroxylation is 1. The molecule has 4 heteroatoms. The Labute approximate surface area is 108 Å². The Hall–Kier alpha value is -0.640. The molecule has 0 saturated carbocycles. The third kappa shape index (κ3) is 3.95. The Morgan fingerprint density at radius 2 is 1.82 bits per heavy atom. The molecule has 2 atom stereocenters. The Morgan fingerprint density at radius 1 is 1.29 bits per heavy atom. The standard InChI is InChI=1S/C13H20FNO.ClH/c1-8-5-6-9(14)7-10(8)11(15)12(16)13(2,3)4;/h5-7,11-12,16H,15H2,1-4H3;1H/t11-,12-;/m0./s1. The summed E-state index contributed by atoms with van der Waals surface area (Å²) in [5.74, 6) is -0.322. The van der Waals surface area contributed by atoms with Crippen molar-refractivity contribution in [3.05, 3.63) is 35.1 Å². The number of nitrogens with two attached hydrogens (primary N) is 1. The van der Waals surface area contributed by atoms with Crippen LogP contribution in [0.15, 0.2) is 18.2 Å². The van der Waals surface area contributed by atoms with E-state index in [1.165, 1.54) is 12.1 Å². The van der Waals surface area contributed by atoms with E-state index in [-0.39, 0.29) is 23.6 Å². The molecule has 0 saturated heterocycles. The van der Waals surface area contributed by atoms with Gasteiger partial charge in [-0.25, -0.2) is 4.39 Å². The maximum Gasteiger partial charge on any atom is 0.123 e. The molecular formula is C13H21ClFNO. The minimum Gasteiger partial charge on any atom is -0.391 e. The summed E-state index contributed by atoms with van der Waals surface area (Å²) in [4.78, 5) is 0. The number of benzene rings is 1. The molecule has 0 bridgehead atoms. The molecule has 98 valence electrons. The van der Waals surface area contributed by atoms with Crippen LogP contribution in [0.5, 0.6) is 0 Å². The van der Waals surface area contributed by atoms with Gasteiger partial charge in [-0.05, 0) is 35.6 Å². The van der Waals surface area contributed by atoms with E-state index in [4.69, 9.17) is 5.73 Å². The average molecular weight is 262 g/mol. The van der Waals surface area contributed by atoms with Crippen LogP contribution in [-0.4, -0.2) is 11.2 Å². The van der Waals surface area contributed by atoms with Gasteiger partial charge in [0.25, 0.3) is 0 Å². The average Bonchev–Trinajstić information content (AvgIpc) is 2.18. The first kappa shape index (κ1) is 16.4. The lowest BCUT2D eigenvalue weighted by molar-refractivity contribution is 0.0399. The van der Waals surface area contributed by atoms with E-state index in [0.717, 1.165) is 5.56 Å². The van der Waals surface area contributed by atoms with Gasteiger partial charge < -0.3 is 10.8 Å². The van der Waals surface area contributed by atoms with Gasteiger partial charge in [-0.15, -0.1) is 12.4 Å². The Balaban J connectivity index is 0.00000256. The van der Waals surface area contributed by atoms with Crippen molar-refractivity contribution >= 4 is 12.4 Å². The van der Waals surface area contributed by atoms with Gasteiger partial charge >= 0.3 is 0 Å². The number of rotatable bonds is 2. The van der Waals surface area contributed by atoms with Crippen LogP contribution in [0, 0.1) is 18.2 Å². The van der Waals surface area contributed by atoms with Gasteiger partial charge in [0, 0.05) is 0 Å². The Kier molecular flexibility index (Phi) is 5.59. The summed E-state index contributed by atoms with van der Waals surface area (Å²) < 4.78 is 13.1. The molecule has 2 nitrogen and oxygen atoms in total. The molecule has 0 fully saturated rings. The van der Waals surface area contributed by atoms with Crippen LogP contribution in [0.25, 0.3) is 0 Å². The molecule has 0 aliphatic carbocycles. The topological polar surface area (TPSA) is 46.2 Å². The minimum atomic E-state index is -0.701. The molecule has 1 aromatic rings. The predicted octanol–water partition coefficient (Wildman–Crippen LogP) is 2.96. The van der Waals surface area contributed by atoms with Crippen LogP contribution < -0.4 is 5.73 Å². The second-order valence-corrected chi connectivity index (χ2v) is 5.34. The zero-order valence-electron chi connectivity index (χ0n) is 10.7. The van der Waals surface area contributed by atoms with Gasteiger partial charge in [0.1, 0.15) is 5.82 Å². The number of aliphatic hydroxyl groups is 1. The summed E-state index contributed by atoms with van der Waals surface area (Å²) >= 11 is 0. The van der Waals surface area contributed by atoms with Crippen molar-refractivity contribution in [3.8, 4) is 0 Å². The van der Waals surface area contributed by atoms with Gasteiger partial charge in [-0.1, -0.05) is 26.8 Å². The summed E-state index contributed by atoms with van der Waals surface area (Å²) in [6.45, 7) is 7.59. The smallest absolute Gasteiger partial charge is 0.123 e. The predicted molar refractivity (Wildman–Crippen MR) is 70.8 cm³/mol. The summed E-state index contributed by atoms with van der Waals surface area (Å²) in [6.07, 6.45) is -0.701. The molecule has 17 heavy (non-hydrogen) atoms. The first-order chi connectivity index (χ1) is 7.23. The van der Waals surface area contributed by atoms with E-state index in [1.807, 2.05) is 27.7 Å². The molecule has 0 amide bonds. The zero-order chi connectivity index (χ0) is 12.5. The van der Waals surface area contributed by atoms with E-state index in [9.17, 15) is 9.50 Å². The monoisotopic (exact) mass is 261 g/mol. The van der Waals surface area contributed by atoms with Crippen LogP contribution in [-0.2, 0) is 0 Å². The van der Waals surface area contributed by atoms with E-state index >= 15 is 0 Å². The molecule has 0 spiro atoms. The lowest BCUT2D eigenvalue weighted by Gasteiger charge is -2.31. The Morgan fingerprint density at radius 3 is 2.29 bits per heavy atom. The molecule has 3 N–H and O–H groups in total. The largest absolute Gasteiger partial charge is 0.391 e. The highest BCUT2D eigenvalue weighted by atomic mass is 35.5. The van der Waals surface area contributed by atoms with Crippen molar-refractivity contribution in [2.75, 3.05) is 0 Å². The molecule has 0 aliphatic rings.